The lowest BCUT2D eigenvalue weighted by atomic mass is 9.90. The lowest BCUT2D eigenvalue weighted by Gasteiger charge is -2.36. The van der Waals surface area contributed by atoms with Crippen molar-refractivity contribution in [1.82, 2.24) is 14.5 Å². The molecule has 1 fully saturated rings. The van der Waals surface area contributed by atoms with E-state index in [2.05, 4.69) is 43.0 Å². The molecule has 0 atom stereocenters. The highest BCUT2D eigenvalue weighted by Gasteiger charge is 2.33. The molecule has 1 saturated heterocycles. The molecule has 2 aliphatic heterocycles. The van der Waals surface area contributed by atoms with Crippen LogP contribution in [0.5, 0.6) is 0 Å². The smallest absolute Gasteiger partial charge is 0.272 e. The zero-order chi connectivity index (χ0) is 26.6. The van der Waals surface area contributed by atoms with E-state index in [-0.39, 0.29) is 17.2 Å². The van der Waals surface area contributed by atoms with E-state index in [1.165, 1.54) is 16.9 Å². The minimum atomic E-state index is -0.307. The van der Waals surface area contributed by atoms with Gasteiger partial charge in [-0.2, -0.15) is 0 Å². The first-order valence-electron chi connectivity index (χ1n) is 13.4. The first-order chi connectivity index (χ1) is 19.0. The van der Waals surface area contributed by atoms with Gasteiger partial charge in [-0.1, -0.05) is 60.7 Å². The maximum Gasteiger partial charge on any atom is 0.272 e. The third-order valence-corrected chi connectivity index (χ3v) is 8.84. The van der Waals surface area contributed by atoms with Gasteiger partial charge >= 0.3 is 0 Å². The quantitative estimate of drug-likeness (QED) is 0.308. The molecule has 0 amide bonds. The van der Waals surface area contributed by atoms with Crippen molar-refractivity contribution in [3.63, 3.8) is 0 Å². The molecule has 0 bridgehead atoms. The van der Waals surface area contributed by atoms with Crippen LogP contribution in [0.25, 0.3) is 20.4 Å². The van der Waals surface area contributed by atoms with Gasteiger partial charge in [0.1, 0.15) is 15.3 Å². The fourth-order valence-electron chi connectivity index (χ4n) is 5.86. The first kappa shape index (κ1) is 24.5. The molecule has 0 N–H and O–H groups in total. The van der Waals surface area contributed by atoms with Gasteiger partial charge in [0.05, 0.1) is 43.3 Å². The third-order valence-electron chi connectivity index (χ3n) is 7.78. The zero-order valence-corrected chi connectivity index (χ0v) is 22.9. The van der Waals surface area contributed by atoms with Crippen molar-refractivity contribution in [2.75, 3.05) is 31.2 Å². The van der Waals surface area contributed by atoms with Crippen LogP contribution >= 0.6 is 11.3 Å². The topological polar surface area (TPSA) is 69.5 Å². The Kier molecular flexibility index (Phi) is 5.99. The number of hydrogen-bond acceptors (Lipinski definition) is 7. The highest BCUT2D eigenvalue weighted by Crippen LogP contribution is 2.42. The molecule has 8 heteroatoms. The molecule has 0 unspecified atom stereocenters. The summed E-state index contributed by atoms with van der Waals surface area (Å²) < 4.78 is 14.3. The molecule has 3 aromatic heterocycles. The fourth-order valence-corrected chi connectivity index (χ4v) is 6.96. The third kappa shape index (κ3) is 4.23. The maximum absolute atomic E-state index is 14.2. The lowest BCUT2D eigenvalue weighted by Crippen LogP contribution is -2.39. The Morgan fingerprint density at radius 3 is 2.28 bits per heavy atom. The summed E-state index contributed by atoms with van der Waals surface area (Å²) in [6.07, 6.45) is 2.46. The van der Waals surface area contributed by atoms with E-state index < -0.39 is 0 Å². The molecule has 39 heavy (non-hydrogen) atoms. The summed E-state index contributed by atoms with van der Waals surface area (Å²) in [6, 6.07) is 20.0. The summed E-state index contributed by atoms with van der Waals surface area (Å²) in [5.41, 5.74) is 4.78. The number of anilines is 1. The highest BCUT2D eigenvalue weighted by molar-refractivity contribution is 7.25. The van der Waals surface area contributed by atoms with Gasteiger partial charge in [0.2, 0.25) is 0 Å². The number of aromatic nitrogens is 3. The molecule has 0 spiro atoms. The molecule has 7 rings (SSSR count). The van der Waals surface area contributed by atoms with Gasteiger partial charge in [-0.3, -0.25) is 9.36 Å². The number of rotatable bonds is 4. The van der Waals surface area contributed by atoms with Crippen LogP contribution < -0.4 is 10.5 Å². The number of fused-ring (bicyclic) bond motifs is 5. The normalized spacial score (nSPS) is 17.2. The fraction of sp³-hybridized carbons (Fsp3) is 0.323. The lowest BCUT2D eigenvalue weighted by molar-refractivity contribution is -0.0396. The Hall–Kier alpha value is -3.59. The van der Waals surface area contributed by atoms with E-state index in [0.29, 0.717) is 24.5 Å². The van der Waals surface area contributed by atoms with Gasteiger partial charge in [-0.15, -0.1) is 11.3 Å². The SMILES string of the molecule is CC1(C)Cc2c(c(N3CCOCC3)nc3sc4c(=O)n(C(c5ccccc5)c5ccccc5)cnc4c23)CO1. The molecule has 7 nitrogen and oxygen atoms in total. The van der Waals surface area contributed by atoms with Crippen LogP contribution in [0.4, 0.5) is 5.82 Å². The average molecular weight is 539 g/mol. The molecule has 0 radical (unpaired) electrons. The standard InChI is InChI=1S/C31H30N4O3S/c1-31(2)17-22-23(18-38-31)28(34-13-15-37-16-14-34)33-29-24(22)25-27(39-29)30(36)35(19-32-25)26(20-9-5-3-6-10-20)21-11-7-4-8-12-21/h3-12,19,26H,13-18H2,1-2H3. The van der Waals surface area contributed by atoms with Crippen LogP contribution in [0.15, 0.2) is 71.8 Å². The van der Waals surface area contributed by atoms with Crippen molar-refractivity contribution in [2.24, 2.45) is 0 Å². The van der Waals surface area contributed by atoms with Gasteiger partial charge in [0, 0.05) is 30.5 Å². The van der Waals surface area contributed by atoms with Crippen molar-refractivity contribution in [3.05, 3.63) is 99.6 Å². The minimum Gasteiger partial charge on any atom is -0.378 e. The molecular weight excluding hydrogens is 508 g/mol. The van der Waals surface area contributed by atoms with Gasteiger partial charge in [-0.25, -0.2) is 9.97 Å². The summed E-state index contributed by atoms with van der Waals surface area (Å²) >= 11 is 1.46. The van der Waals surface area contributed by atoms with Crippen LogP contribution in [0, 0.1) is 0 Å². The summed E-state index contributed by atoms with van der Waals surface area (Å²) in [6.45, 7) is 7.68. The highest BCUT2D eigenvalue weighted by atomic mass is 32.1. The van der Waals surface area contributed by atoms with Crippen molar-refractivity contribution in [3.8, 4) is 0 Å². The molecule has 5 heterocycles. The van der Waals surface area contributed by atoms with Gasteiger partial charge in [0.15, 0.2) is 0 Å². The largest absolute Gasteiger partial charge is 0.378 e. The van der Waals surface area contributed by atoms with E-state index in [0.717, 1.165) is 57.8 Å². The molecular formula is C31H30N4O3S. The second-order valence-corrected chi connectivity index (χ2v) is 11.9. The minimum absolute atomic E-state index is 0.0475. The second-order valence-electron chi connectivity index (χ2n) is 10.9. The van der Waals surface area contributed by atoms with E-state index in [1.807, 2.05) is 36.4 Å². The zero-order valence-electron chi connectivity index (χ0n) is 22.1. The predicted octanol–water partition coefficient (Wildman–Crippen LogP) is 5.33. The van der Waals surface area contributed by atoms with Crippen LogP contribution in [-0.4, -0.2) is 46.4 Å². The Morgan fingerprint density at radius 2 is 1.62 bits per heavy atom. The number of pyridine rings is 1. The summed E-state index contributed by atoms with van der Waals surface area (Å²) in [7, 11) is 0. The number of thiophene rings is 1. The van der Waals surface area contributed by atoms with Crippen LogP contribution in [0.3, 0.4) is 0 Å². The van der Waals surface area contributed by atoms with Crippen molar-refractivity contribution in [2.45, 2.75) is 38.5 Å². The van der Waals surface area contributed by atoms with Crippen LogP contribution in [-0.2, 0) is 22.5 Å². The van der Waals surface area contributed by atoms with Gasteiger partial charge in [0.25, 0.3) is 5.56 Å². The average Bonchev–Trinajstić information content (AvgIpc) is 3.35. The number of benzene rings is 2. The molecule has 5 aromatic rings. The van der Waals surface area contributed by atoms with Crippen LogP contribution in [0.1, 0.15) is 42.1 Å². The summed E-state index contributed by atoms with van der Waals surface area (Å²) in [4.78, 5) is 27.5. The number of hydrogen-bond donors (Lipinski definition) is 0. The second kappa shape index (κ2) is 9.55. The first-order valence-corrected chi connectivity index (χ1v) is 14.2. The Morgan fingerprint density at radius 1 is 0.949 bits per heavy atom. The molecule has 0 saturated carbocycles. The van der Waals surface area contributed by atoms with Crippen LogP contribution in [0.2, 0.25) is 0 Å². The van der Waals surface area contributed by atoms with Gasteiger partial charge in [-0.05, 0) is 30.5 Å². The molecule has 2 aromatic carbocycles. The molecule has 0 aliphatic carbocycles. The van der Waals surface area contributed by atoms with Crippen molar-refractivity contribution < 1.29 is 9.47 Å². The predicted molar refractivity (Wildman–Crippen MR) is 155 cm³/mol. The Balaban J connectivity index is 1.46. The van der Waals surface area contributed by atoms with Crippen molar-refractivity contribution in [1.29, 1.82) is 0 Å². The number of morpholine rings is 1. The Bertz CT molecular complexity index is 1680. The monoisotopic (exact) mass is 538 g/mol. The molecule has 198 valence electrons. The number of ether oxygens (including phenoxy) is 2. The Labute approximate surface area is 230 Å². The summed E-state index contributed by atoms with van der Waals surface area (Å²) in [5, 5.41) is 0.999. The maximum atomic E-state index is 14.2. The summed E-state index contributed by atoms with van der Waals surface area (Å²) in [5.74, 6) is 0.953. The van der Waals surface area contributed by atoms with E-state index in [1.54, 1.807) is 10.9 Å². The van der Waals surface area contributed by atoms with E-state index >= 15 is 0 Å². The number of nitrogens with zero attached hydrogens (tertiary/aromatic N) is 4. The van der Waals surface area contributed by atoms with E-state index in [9.17, 15) is 4.79 Å². The van der Waals surface area contributed by atoms with Gasteiger partial charge < -0.3 is 14.4 Å². The van der Waals surface area contributed by atoms with E-state index in [4.69, 9.17) is 19.4 Å². The van der Waals surface area contributed by atoms with Crippen molar-refractivity contribution >= 4 is 37.6 Å². The molecule has 2 aliphatic rings.